The molecule has 0 aliphatic carbocycles. The van der Waals surface area contributed by atoms with Gasteiger partial charge in [0.2, 0.25) is 5.91 Å². The summed E-state index contributed by atoms with van der Waals surface area (Å²) in [6.07, 6.45) is -4.27. The smallest absolute Gasteiger partial charge is 0.298 e. The molecular formula is C6H12F3N3O. The molecule has 7 heteroatoms. The number of hydrogen-bond acceptors (Lipinski definition) is 3. The standard InChI is InChI=1S/C6H12F3N3O/c1-12(4-6(7,8)9)3-2-5(13)11-10/h2-4,10H2,1H3,(H,11,13). The number of carbonyl (C=O) groups excluding carboxylic acids is 1. The molecule has 0 spiro atoms. The molecular weight excluding hydrogens is 187 g/mol. The minimum absolute atomic E-state index is 0.0303. The van der Waals surface area contributed by atoms with Crippen LogP contribution in [0.2, 0.25) is 0 Å². The van der Waals surface area contributed by atoms with Crippen molar-refractivity contribution in [2.75, 3.05) is 20.1 Å². The van der Waals surface area contributed by atoms with E-state index >= 15 is 0 Å². The van der Waals surface area contributed by atoms with Crippen LogP contribution in [0, 0.1) is 0 Å². The number of rotatable bonds is 4. The van der Waals surface area contributed by atoms with E-state index < -0.39 is 18.6 Å². The van der Waals surface area contributed by atoms with Crippen molar-refractivity contribution < 1.29 is 18.0 Å². The van der Waals surface area contributed by atoms with Crippen molar-refractivity contribution in [1.29, 1.82) is 0 Å². The van der Waals surface area contributed by atoms with Gasteiger partial charge in [-0.05, 0) is 7.05 Å². The van der Waals surface area contributed by atoms with Crippen molar-refractivity contribution in [3.8, 4) is 0 Å². The van der Waals surface area contributed by atoms with Gasteiger partial charge >= 0.3 is 6.18 Å². The highest BCUT2D eigenvalue weighted by Crippen LogP contribution is 2.15. The summed E-state index contributed by atoms with van der Waals surface area (Å²) < 4.78 is 35.2. The number of carbonyl (C=O) groups is 1. The first-order chi connectivity index (χ1) is 5.85. The minimum Gasteiger partial charge on any atom is -0.298 e. The Bertz CT molecular complexity index is 171. The summed E-state index contributed by atoms with van der Waals surface area (Å²) in [6.45, 7) is -0.993. The molecule has 0 radical (unpaired) electrons. The molecule has 0 aromatic heterocycles. The Labute approximate surface area is 73.8 Å². The number of alkyl halides is 3. The van der Waals surface area contributed by atoms with Crippen molar-refractivity contribution in [2.24, 2.45) is 5.84 Å². The van der Waals surface area contributed by atoms with E-state index in [4.69, 9.17) is 5.84 Å². The van der Waals surface area contributed by atoms with Crippen LogP contribution in [-0.2, 0) is 4.79 Å². The molecule has 1 amide bonds. The van der Waals surface area contributed by atoms with Crippen LogP contribution in [0.3, 0.4) is 0 Å². The third-order valence-corrected chi connectivity index (χ3v) is 1.33. The Morgan fingerprint density at radius 3 is 2.46 bits per heavy atom. The van der Waals surface area contributed by atoms with Gasteiger partial charge in [0, 0.05) is 13.0 Å². The number of nitrogens with two attached hydrogens (primary N) is 1. The molecule has 78 valence electrons. The highest BCUT2D eigenvalue weighted by Gasteiger charge is 2.28. The summed E-state index contributed by atoms with van der Waals surface area (Å²) in [4.78, 5) is 11.5. The maximum atomic E-state index is 11.7. The lowest BCUT2D eigenvalue weighted by atomic mass is 10.4. The van der Waals surface area contributed by atoms with E-state index in [1.807, 2.05) is 5.43 Å². The van der Waals surface area contributed by atoms with Crippen LogP contribution in [0.4, 0.5) is 13.2 Å². The van der Waals surface area contributed by atoms with Gasteiger partial charge in [-0.15, -0.1) is 0 Å². The van der Waals surface area contributed by atoms with Gasteiger partial charge in [0.15, 0.2) is 0 Å². The Morgan fingerprint density at radius 1 is 1.54 bits per heavy atom. The van der Waals surface area contributed by atoms with Crippen LogP contribution in [-0.4, -0.2) is 37.1 Å². The van der Waals surface area contributed by atoms with Crippen molar-refractivity contribution in [2.45, 2.75) is 12.6 Å². The van der Waals surface area contributed by atoms with Crippen LogP contribution in [0.5, 0.6) is 0 Å². The second-order valence-corrected chi connectivity index (χ2v) is 2.67. The van der Waals surface area contributed by atoms with Gasteiger partial charge in [-0.3, -0.25) is 15.1 Å². The quantitative estimate of drug-likeness (QED) is 0.376. The molecule has 3 N–H and O–H groups in total. The van der Waals surface area contributed by atoms with Crippen LogP contribution in [0.1, 0.15) is 6.42 Å². The summed E-state index contributed by atoms with van der Waals surface area (Å²) in [5, 5.41) is 0. The van der Waals surface area contributed by atoms with E-state index in [9.17, 15) is 18.0 Å². The number of amides is 1. The van der Waals surface area contributed by atoms with Crippen molar-refractivity contribution in [1.82, 2.24) is 10.3 Å². The van der Waals surface area contributed by atoms with Crippen molar-refractivity contribution >= 4 is 5.91 Å². The normalized spacial score (nSPS) is 11.8. The van der Waals surface area contributed by atoms with Gasteiger partial charge in [-0.2, -0.15) is 13.2 Å². The third kappa shape index (κ3) is 7.54. The first-order valence-corrected chi connectivity index (χ1v) is 3.60. The molecule has 0 saturated heterocycles. The highest BCUT2D eigenvalue weighted by atomic mass is 19.4. The summed E-state index contributed by atoms with van der Waals surface area (Å²) in [5.74, 6) is 4.27. The van der Waals surface area contributed by atoms with E-state index in [-0.39, 0.29) is 13.0 Å². The van der Waals surface area contributed by atoms with E-state index in [1.54, 1.807) is 0 Å². The second-order valence-electron chi connectivity index (χ2n) is 2.67. The maximum absolute atomic E-state index is 11.7. The van der Waals surface area contributed by atoms with Crippen LogP contribution >= 0.6 is 0 Å². The lowest BCUT2D eigenvalue weighted by Crippen LogP contribution is -2.36. The Hall–Kier alpha value is -0.820. The zero-order valence-electron chi connectivity index (χ0n) is 7.19. The highest BCUT2D eigenvalue weighted by molar-refractivity contribution is 5.75. The molecule has 0 bridgehead atoms. The molecule has 0 heterocycles. The summed E-state index contributed by atoms with van der Waals surface area (Å²) in [5.41, 5.74) is 1.84. The Morgan fingerprint density at radius 2 is 2.08 bits per heavy atom. The van der Waals surface area contributed by atoms with E-state index in [0.717, 1.165) is 4.90 Å². The summed E-state index contributed by atoms with van der Waals surface area (Å²) >= 11 is 0. The van der Waals surface area contributed by atoms with Crippen molar-refractivity contribution in [3.05, 3.63) is 0 Å². The lowest BCUT2D eigenvalue weighted by Gasteiger charge is -2.17. The first kappa shape index (κ1) is 12.2. The second kappa shape index (κ2) is 5.03. The van der Waals surface area contributed by atoms with Gasteiger partial charge in [0.05, 0.1) is 6.54 Å². The molecule has 4 nitrogen and oxygen atoms in total. The Balaban J connectivity index is 3.63. The fourth-order valence-corrected chi connectivity index (χ4v) is 0.750. The third-order valence-electron chi connectivity index (χ3n) is 1.33. The molecule has 0 rings (SSSR count). The van der Waals surface area contributed by atoms with E-state index in [1.165, 1.54) is 7.05 Å². The summed E-state index contributed by atoms with van der Waals surface area (Å²) in [7, 11) is 1.29. The van der Waals surface area contributed by atoms with E-state index in [2.05, 4.69) is 0 Å². The molecule has 0 unspecified atom stereocenters. The zero-order valence-corrected chi connectivity index (χ0v) is 7.19. The molecule has 0 aliphatic heterocycles. The topological polar surface area (TPSA) is 58.4 Å². The average Bonchev–Trinajstić information content (AvgIpc) is 1.97. The van der Waals surface area contributed by atoms with Gasteiger partial charge in [0.1, 0.15) is 0 Å². The average molecular weight is 199 g/mol. The fraction of sp³-hybridized carbons (Fsp3) is 0.833. The molecule has 13 heavy (non-hydrogen) atoms. The Kier molecular flexibility index (Phi) is 4.71. The molecule has 0 saturated carbocycles. The van der Waals surface area contributed by atoms with Gasteiger partial charge in [-0.25, -0.2) is 5.84 Å². The lowest BCUT2D eigenvalue weighted by molar-refractivity contribution is -0.144. The van der Waals surface area contributed by atoms with Gasteiger partial charge < -0.3 is 0 Å². The van der Waals surface area contributed by atoms with Crippen LogP contribution < -0.4 is 11.3 Å². The van der Waals surface area contributed by atoms with Gasteiger partial charge in [0.25, 0.3) is 0 Å². The van der Waals surface area contributed by atoms with Crippen LogP contribution in [0.15, 0.2) is 0 Å². The largest absolute Gasteiger partial charge is 0.401 e. The summed E-state index contributed by atoms with van der Waals surface area (Å²) in [6, 6.07) is 0. The molecule has 0 aliphatic rings. The fourth-order valence-electron chi connectivity index (χ4n) is 0.750. The minimum atomic E-state index is -4.23. The van der Waals surface area contributed by atoms with Crippen molar-refractivity contribution in [3.63, 3.8) is 0 Å². The maximum Gasteiger partial charge on any atom is 0.401 e. The van der Waals surface area contributed by atoms with E-state index in [0.29, 0.717) is 0 Å². The van der Waals surface area contributed by atoms with Crippen LogP contribution in [0.25, 0.3) is 0 Å². The molecule has 0 fully saturated rings. The zero-order chi connectivity index (χ0) is 10.5. The number of hydrogen-bond donors (Lipinski definition) is 2. The predicted molar refractivity (Wildman–Crippen MR) is 40.5 cm³/mol. The molecule has 0 aromatic rings. The SMILES string of the molecule is CN(CCC(=O)NN)CC(F)(F)F. The monoisotopic (exact) mass is 199 g/mol. The predicted octanol–water partition coefficient (Wildman–Crippen LogP) is -0.140. The number of nitrogens with zero attached hydrogens (tertiary/aromatic N) is 1. The number of halogens is 3. The number of hydrazine groups is 1. The molecule has 0 aromatic carbocycles. The number of nitrogens with one attached hydrogen (secondary N) is 1. The first-order valence-electron chi connectivity index (χ1n) is 3.60. The molecule has 0 atom stereocenters. The van der Waals surface area contributed by atoms with Gasteiger partial charge in [-0.1, -0.05) is 0 Å².